The molecular weight excluding hydrogens is 624 g/mol. The quantitative estimate of drug-likeness (QED) is 0.0288. The Labute approximate surface area is 309 Å². The molecule has 0 aliphatic rings. The van der Waals surface area contributed by atoms with Gasteiger partial charge in [-0.3, -0.25) is 9.59 Å². The molecule has 0 saturated carbocycles. The molecule has 0 aromatic heterocycles. The van der Waals surface area contributed by atoms with Gasteiger partial charge in [0.2, 0.25) is 0 Å². The van der Waals surface area contributed by atoms with Crippen LogP contribution in [0.3, 0.4) is 0 Å². The highest BCUT2D eigenvalue weighted by Crippen LogP contribution is 2.15. The molecule has 0 amide bonds. The molecule has 2 N–H and O–H groups in total. The number of ether oxygens (including phenoxy) is 2. The number of rotatable bonds is 38. The van der Waals surface area contributed by atoms with Crippen molar-refractivity contribution in [1.29, 1.82) is 0 Å². The van der Waals surface area contributed by atoms with Gasteiger partial charge in [-0.2, -0.15) is 0 Å². The van der Waals surface area contributed by atoms with E-state index in [0.717, 1.165) is 32.1 Å². The van der Waals surface area contributed by atoms with Crippen molar-refractivity contribution in [2.75, 3.05) is 13.2 Å². The van der Waals surface area contributed by atoms with Crippen LogP contribution in [0.2, 0.25) is 0 Å². The second kappa shape index (κ2) is 39.9. The van der Waals surface area contributed by atoms with Gasteiger partial charge in [-0.05, 0) is 38.5 Å². The predicted molar refractivity (Wildman–Crippen MR) is 211 cm³/mol. The van der Waals surface area contributed by atoms with E-state index in [2.05, 4.69) is 32.1 Å². The summed E-state index contributed by atoms with van der Waals surface area (Å²) in [6.07, 6.45) is 45.2. The van der Waals surface area contributed by atoms with Crippen LogP contribution in [0.4, 0.5) is 0 Å². The van der Waals surface area contributed by atoms with Crippen LogP contribution < -0.4 is 0 Å². The van der Waals surface area contributed by atoms with E-state index < -0.39 is 18.2 Å². The third-order valence-corrected chi connectivity index (χ3v) is 9.23. The Morgan fingerprint density at radius 2 is 0.920 bits per heavy atom. The average molecular weight is 705 g/mol. The van der Waals surface area contributed by atoms with Crippen LogP contribution in [0.1, 0.15) is 206 Å². The number of allylic oxidation sites excluding steroid dienone is 5. The van der Waals surface area contributed by atoms with Gasteiger partial charge in [0, 0.05) is 12.8 Å². The molecule has 0 aromatic rings. The topological polar surface area (TPSA) is 93.1 Å². The highest BCUT2D eigenvalue weighted by atomic mass is 16.6. The Hall–Kier alpha value is -1.92. The van der Waals surface area contributed by atoms with Gasteiger partial charge >= 0.3 is 11.9 Å². The lowest BCUT2D eigenvalue weighted by molar-refractivity contribution is -0.152. The average Bonchev–Trinajstić information content (AvgIpc) is 3.11. The molecule has 6 nitrogen and oxygen atoms in total. The number of unbranched alkanes of at least 4 members (excludes halogenated alkanes) is 23. The van der Waals surface area contributed by atoms with Crippen LogP contribution in [-0.4, -0.2) is 47.6 Å². The molecule has 2 atom stereocenters. The number of esters is 2. The van der Waals surface area contributed by atoms with E-state index >= 15 is 0 Å². The molecule has 292 valence electrons. The van der Waals surface area contributed by atoms with Crippen molar-refractivity contribution in [1.82, 2.24) is 0 Å². The second-order valence-electron chi connectivity index (χ2n) is 14.3. The first-order valence-electron chi connectivity index (χ1n) is 21.1. The fourth-order valence-corrected chi connectivity index (χ4v) is 5.98. The molecule has 0 rings (SSSR count). The standard InChI is InChI=1S/C44H80O6/c1-3-5-7-9-11-13-15-17-18-19-20-21-23-25-27-29-31-33-37-43(47)49-39-42(46)40-50-44(48)38-34-36-41(45)35-32-30-28-26-24-22-16-14-12-10-8-6-4-2/h22,24,28,30,32,35,41-42,45-46H,3-21,23,25-27,29,31,33-34,36-40H2,1-2H3/b24-22+,30-28+,35-32+/t41?,42-/m0/s1. The molecule has 0 fully saturated rings. The summed E-state index contributed by atoms with van der Waals surface area (Å²) < 4.78 is 10.3. The number of carbonyl (C=O) groups is 2. The second-order valence-corrected chi connectivity index (χ2v) is 14.3. The fourth-order valence-electron chi connectivity index (χ4n) is 5.98. The van der Waals surface area contributed by atoms with Crippen molar-refractivity contribution in [2.45, 2.75) is 219 Å². The van der Waals surface area contributed by atoms with Crippen LogP contribution in [0.15, 0.2) is 36.5 Å². The molecule has 0 radical (unpaired) electrons. The molecule has 0 bridgehead atoms. The largest absolute Gasteiger partial charge is 0.463 e. The van der Waals surface area contributed by atoms with Gasteiger partial charge in [0.1, 0.15) is 19.3 Å². The van der Waals surface area contributed by atoms with Gasteiger partial charge in [-0.25, -0.2) is 0 Å². The van der Waals surface area contributed by atoms with Crippen LogP contribution >= 0.6 is 0 Å². The Morgan fingerprint density at radius 3 is 1.40 bits per heavy atom. The van der Waals surface area contributed by atoms with Crippen LogP contribution in [-0.2, 0) is 19.1 Å². The zero-order valence-corrected chi connectivity index (χ0v) is 32.8. The highest BCUT2D eigenvalue weighted by molar-refractivity contribution is 5.69. The van der Waals surface area contributed by atoms with Gasteiger partial charge in [0.15, 0.2) is 0 Å². The zero-order valence-electron chi connectivity index (χ0n) is 32.8. The number of aliphatic hydroxyl groups excluding tert-OH is 2. The molecular formula is C44H80O6. The van der Waals surface area contributed by atoms with Crippen molar-refractivity contribution in [2.24, 2.45) is 0 Å². The van der Waals surface area contributed by atoms with E-state index in [-0.39, 0.29) is 25.6 Å². The first-order chi connectivity index (χ1) is 24.5. The van der Waals surface area contributed by atoms with Gasteiger partial charge in [-0.1, -0.05) is 192 Å². The monoisotopic (exact) mass is 705 g/mol. The number of aliphatic hydroxyl groups is 2. The maximum atomic E-state index is 12.0. The molecule has 0 heterocycles. The van der Waals surface area contributed by atoms with Crippen molar-refractivity contribution in [3.63, 3.8) is 0 Å². The van der Waals surface area contributed by atoms with Gasteiger partial charge in [0.25, 0.3) is 0 Å². The molecule has 1 unspecified atom stereocenters. The lowest BCUT2D eigenvalue weighted by Crippen LogP contribution is -2.25. The SMILES string of the molecule is CCCCCCCC/C=C/C/C=C/C=C/C(O)CCCC(=O)OC[C@@H](O)COC(=O)CCCCCCCCCCCCCCCCCCCC. The Bertz CT molecular complexity index is 819. The van der Waals surface area contributed by atoms with E-state index in [1.165, 1.54) is 135 Å². The first kappa shape index (κ1) is 48.1. The number of hydrogen-bond donors (Lipinski definition) is 2. The third kappa shape index (κ3) is 38.9. The van der Waals surface area contributed by atoms with E-state index in [4.69, 9.17) is 9.47 Å². The van der Waals surface area contributed by atoms with Crippen LogP contribution in [0, 0.1) is 0 Å². The molecule has 6 heteroatoms. The Kier molecular flexibility index (Phi) is 38.3. The highest BCUT2D eigenvalue weighted by Gasteiger charge is 2.12. The summed E-state index contributed by atoms with van der Waals surface area (Å²) in [6, 6.07) is 0. The lowest BCUT2D eigenvalue weighted by Gasteiger charge is -2.12. The van der Waals surface area contributed by atoms with E-state index in [1.54, 1.807) is 6.08 Å². The van der Waals surface area contributed by atoms with Crippen molar-refractivity contribution >= 4 is 11.9 Å². The summed E-state index contributed by atoms with van der Waals surface area (Å²) in [6.45, 7) is 4.15. The summed E-state index contributed by atoms with van der Waals surface area (Å²) in [7, 11) is 0. The molecule has 0 aliphatic heterocycles. The minimum absolute atomic E-state index is 0.163. The molecule has 0 aromatic carbocycles. The van der Waals surface area contributed by atoms with Crippen LogP contribution in [0.5, 0.6) is 0 Å². The number of hydrogen-bond acceptors (Lipinski definition) is 6. The maximum absolute atomic E-state index is 12.0. The lowest BCUT2D eigenvalue weighted by atomic mass is 10.0. The minimum Gasteiger partial charge on any atom is -0.463 e. The van der Waals surface area contributed by atoms with Crippen molar-refractivity contribution in [3.05, 3.63) is 36.5 Å². The molecule has 0 spiro atoms. The summed E-state index contributed by atoms with van der Waals surface area (Å²) in [4.78, 5) is 24.0. The number of carbonyl (C=O) groups excluding carboxylic acids is 2. The Morgan fingerprint density at radius 1 is 0.500 bits per heavy atom. The zero-order chi connectivity index (χ0) is 36.6. The minimum atomic E-state index is -1.03. The van der Waals surface area contributed by atoms with Gasteiger partial charge in [-0.15, -0.1) is 0 Å². The van der Waals surface area contributed by atoms with E-state index in [9.17, 15) is 19.8 Å². The fraction of sp³-hybridized carbons (Fsp3) is 0.818. The smallest absolute Gasteiger partial charge is 0.305 e. The van der Waals surface area contributed by atoms with Crippen molar-refractivity contribution in [3.8, 4) is 0 Å². The van der Waals surface area contributed by atoms with Crippen molar-refractivity contribution < 1.29 is 29.3 Å². The van der Waals surface area contributed by atoms with Gasteiger partial charge < -0.3 is 19.7 Å². The summed E-state index contributed by atoms with van der Waals surface area (Å²) in [5, 5.41) is 20.1. The van der Waals surface area contributed by atoms with E-state index in [0.29, 0.717) is 19.3 Å². The summed E-state index contributed by atoms with van der Waals surface area (Å²) in [5.41, 5.74) is 0. The van der Waals surface area contributed by atoms with Gasteiger partial charge in [0.05, 0.1) is 6.10 Å². The summed E-state index contributed by atoms with van der Waals surface area (Å²) in [5.74, 6) is -0.748. The first-order valence-corrected chi connectivity index (χ1v) is 21.1. The summed E-state index contributed by atoms with van der Waals surface area (Å²) >= 11 is 0. The molecule has 0 aliphatic carbocycles. The maximum Gasteiger partial charge on any atom is 0.305 e. The Balaban J connectivity index is 3.56. The third-order valence-electron chi connectivity index (χ3n) is 9.23. The van der Waals surface area contributed by atoms with E-state index in [1.807, 2.05) is 12.2 Å². The predicted octanol–water partition coefficient (Wildman–Crippen LogP) is 12.2. The van der Waals surface area contributed by atoms with Crippen LogP contribution in [0.25, 0.3) is 0 Å². The molecule has 0 saturated heterocycles. The normalized spacial score (nSPS) is 13.1. The molecule has 50 heavy (non-hydrogen) atoms.